The average molecular weight is 226 g/mol. The fourth-order valence-electron chi connectivity index (χ4n) is 1.13. The number of hydrogen-bond donors (Lipinski definition) is 3. The minimum atomic E-state index is 0.0725. The Morgan fingerprint density at radius 3 is 2.88 bits per heavy atom. The van der Waals surface area contributed by atoms with Crippen LogP contribution in [0, 0.1) is 0 Å². The number of aliphatic hydroxyl groups is 1. The first-order valence-electron chi connectivity index (χ1n) is 5.29. The zero-order valence-electron chi connectivity index (χ0n) is 9.44. The number of nitrogens with one attached hydrogen (secondary N) is 2. The van der Waals surface area contributed by atoms with Crippen molar-refractivity contribution in [3.8, 4) is 0 Å². The highest BCUT2D eigenvalue weighted by Crippen LogP contribution is 2.05. The van der Waals surface area contributed by atoms with Gasteiger partial charge in [-0.2, -0.15) is 0 Å². The number of ether oxygens (including phenoxy) is 1. The van der Waals surface area contributed by atoms with Gasteiger partial charge in [-0.1, -0.05) is 0 Å². The van der Waals surface area contributed by atoms with E-state index >= 15 is 0 Å². The molecule has 0 aromatic carbocycles. The fourth-order valence-corrected chi connectivity index (χ4v) is 1.13. The van der Waals surface area contributed by atoms with E-state index in [-0.39, 0.29) is 6.61 Å². The maximum absolute atomic E-state index is 8.49. The Hall–Kier alpha value is -1.40. The van der Waals surface area contributed by atoms with Crippen LogP contribution in [0.25, 0.3) is 0 Å². The van der Waals surface area contributed by atoms with Gasteiger partial charge in [-0.3, -0.25) is 4.98 Å². The van der Waals surface area contributed by atoms with Crippen LogP contribution in [0.15, 0.2) is 12.4 Å². The second kappa shape index (κ2) is 7.84. The van der Waals surface area contributed by atoms with Gasteiger partial charge in [0.15, 0.2) is 0 Å². The molecule has 1 rings (SSSR count). The highest BCUT2D eigenvalue weighted by atomic mass is 16.5. The maximum atomic E-state index is 8.49. The quantitative estimate of drug-likeness (QED) is 0.554. The third kappa shape index (κ3) is 4.90. The molecule has 0 amide bonds. The van der Waals surface area contributed by atoms with Crippen molar-refractivity contribution in [1.82, 2.24) is 9.97 Å². The molecule has 0 saturated heterocycles. The number of anilines is 2. The molecule has 6 nitrogen and oxygen atoms in total. The SMILES string of the molecule is CNc1cncc(NCCCOCCO)n1. The molecule has 1 aromatic heterocycles. The van der Waals surface area contributed by atoms with Gasteiger partial charge in [-0.25, -0.2) is 4.98 Å². The molecule has 0 radical (unpaired) electrons. The molecule has 0 aliphatic rings. The number of hydrogen-bond acceptors (Lipinski definition) is 6. The Morgan fingerprint density at radius 2 is 2.12 bits per heavy atom. The fraction of sp³-hybridized carbons (Fsp3) is 0.600. The van der Waals surface area contributed by atoms with Crippen LogP contribution in [0.1, 0.15) is 6.42 Å². The van der Waals surface area contributed by atoms with Crippen molar-refractivity contribution in [3.63, 3.8) is 0 Å². The number of nitrogens with zero attached hydrogens (tertiary/aromatic N) is 2. The zero-order chi connectivity index (χ0) is 11.6. The molecule has 0 atom stereocenters. The summed E-state index contributed by atoms with van der Waals surface area (Å²) in [4.78, 5) is 8.29. The summed E-state index contributed by atoms with van der Waals surface area (Å²) in [6, 6.07) is 0. The van der Waals surface area contributed by atoms with Crippen molar-refractivity contribution >= 4 is 11.6 Å². The Bertz CT molecular complexity index is 296. The van der Waals surface area contributed by atoms with Gasteiger partial charge < -0.3 is 20.5 Å². The van der Waals surface area contributed by atoms with Crippen LogP contribution >= 0.6 is 0 Å². The Balaban J connectivity index is 2.16. The maximum Gasteiger partial charge on any atom is 0.146 e. The molecule has 90 valence electrons. The van der Waals surface area contributed by atoms with E-state index in [2.05, 4.69) is 20.6 Å². The lowest BCUT2D eigenvalue weighted by Gasteiger charge is -2.06. The van der Waals surface area contributed by atoms with Crippen LogP contribution in [0.5, 0.6) is 0 Å². The third-order valence-corrected chi connectivity index (χ3v) is 1.90. The predicted octanol–water partition coefficient (Wildman–Crippen LogP) is 0.329. The number of rotatable bonds is 8. The van der Waals surface area contributed by atoms with E-state index in [0.717, 1.165) is 24.6 Å². The van der Waals surface area contributed by atoms with Gasteiger partial charge in [0, 0.05) is 20.2 Å². The highest BCUT2D eigenvalue weighted by Gasteiger charge is 1.96. The predicted molar refractivity (Wildman–Crippen MR) is 62.6 cm³/mol. The standard InChI is InChI=1S/C10H18N4O2/c1-11-9-7-12-8-10(14-9)13-3-2-5-16-6-4-15/h7-8,15H,2-6H2,1H3,(H2,11,13,14). The van der Waals surface area contributed by atoms with Gasteiger partial charge in [0.2, 0.25) is 0 Å². The monoisotopic (exact) mass is 226 g/mol. The lowest BCUT2D eigenvalue weighted by Crippen LogP contribution is -2.09. The lowest BCUT2D eigenvalue weighted by atomic mass is 10.4. The lowest BCUT2D eigenvalue weighted by molar-refractivity contribution is 0.0922. The summed E-state index contributed by atoms with van der Waals surface area (Å²) in [5.74, 6) is 1.48. The summed E-state index contributed by atoms with van der Waals surface area (Å²) in [6.07, 6.45) is 4.20. The summed E-state index contributed by atoms with van der Waals surface area (Å²) in [5, 5.41) is 14.6. The minimum Gasteiger partial charge on any atom is -0.394 e. The van der Waals surface area contributed by atoms with Crippen molar-refractivity contribution < 1.29 is 9.84 Å². The highest BCUT2D eigenvalue weighted by molar-refractivity contribution is 5.40. The van der Waals surface area contributed by atoms with Crippen LogP contribution in [-0.2, 0) is 4.74 Å². The van der Waals surface area contributed by atoms with Crippen molar-refractivity contribution in [2.24, 2.45) is 0 Å². The molecule has 0 saturated carbocycles. The van der Waals surface area contributed by atoms with Crippen molar-refractivity contribution in [2.45, 2.75) is 6.42 Å². The van der Waals surface area contributed by atoms with Crippen molar-refractivity contribution in [2.75, 3.05) is 44.0 Å². The molecular formula is C10H18N4O2. The minimum absolute atomic E-state index is 0.0725. The summed E-state index contributed by atoms with van der Waals surface area (Å²) in [5.41, 5.74) is 0. The van der Waals surface area contributed by atoms with E-state index < -0.39 is 0 Å². The summed E-state index contributed by atoms with van der Waals surface area (Å²) in [7, 11) is 1.80. The summed E-state index contributed by atoms with van der Waals surface area (Å²) < 4.78 is 5.13. The first-order chi connectivity index (χ1) is 7.86. The molecule has 6 heteroatoms. The smallest absolute Gasteiger partial charge is 0.146 e. The molecule has 0 unspecified atom stereocenters. The van der Waals surface area contributed by atoms with E-state index in [4.69, 9.17) is 9.84 Å². The molecule has 0 bridgehead atoms. The molecule has 3 N–H and O–H groups in total. The van der Waals surface area contributed by atoms with Gasteiger partial charge in [-0.15, -0.1) is 0 Å². The Morgan fingerprint density at radius 1 is 1.31 bits per heavy atom. The summed E-state index contributed by atoms with van der Waals surface area (Å²) in [6.45, 7) is 1.87. The van der Waals surface area contributed by atoms with Crippen LogP contribution < -0.4 is 10.6 Å². The Labute approximate surface area is 95.1 Å². The van der Waals surface area contributed by atoms with Crippen molar-refractivity contribution in [3.05, 3.63) is 12.4 Å². The third-order valence-electron chi connectivity index (χ3n) is 1.90. The van der Waals surface area contributed by atoms with E-state index in [1.807, 2.05) is 0 Å². The number of aromatic nitrogens is 2. The molecular weight excluding hydrogens is 208 g/mol. The van der Waals surface area contributed by atoms with E-state index in [1.165, 1.54) is 0 Å². The molecule has 0 spiro atoms. The van der Waals surface area contributed by atoms with Gasteiger partial charge in [-0.05, 0) is 6.42 Å². The molecule has 0 aliphatic heterocycles. The summed E-state index contributed by atoms with van der Waals surface area (Å²) >= 11 is 0. The average Bonchev–Trinajstić information content (AvgIpc) is 2.34. The second-order valence-corrected chi connectivity index (χ2v) is 3.16. The molecule has 1 heterocycles. The van der Waals surface area contributed by atoms with E-state index in [1.54, 1.807) is 19.4 Å². The largest absolute Gasteiger partial charge is 0.394 e. The second-order valence-electron chi connectivity index (χ2n) is 3.16. The van der Waals surface area contributed by atoms with Gasteiger partial charge >= 0.3 is 0 Å². The topological polar surface area (TPSA) is 79.3 Å². The number of aliphatic hydroxyl groups excluding tert-OH is 1. The molecule has 16 heavy (non-hydrogen) atoms. The normalized spacial score (nSPS) is 10.1. The Kier molecular flexibility index (Phi) is 6.20. The van der Waals surface area contributed by atoms with Crippen LogP contribution in [0.3, 0.4) is 0 Å². The molecule has 0 fully saturated rings. The van der Waals surface area contributed by atoms with Gasteiger partial charge in [0.1, 0.15) is 11.6 Å². The zero-order valence-corrected chi connectivity index (χ0v) is 9.44. The van der Waals surface area contributed by atoms with Gasteiger partial charge in [0.25, 0.3) is 0 Å². The van der Waals surface area contributed by atoms with E-state index in [9.17, 15) is 0 Å². The van der Waals surface area contributed by atoms with Crippen LogP contribution in [0.2, 0.25) is 0 Å². The van der Waals surface area contributed by atoms with E-state index in [0.29, 0.717) is 13.2 Å². The molecule has 1 aromatic rings. The van der Waals surface area contributed by atoms with Crippen LogP contribution in [0.4, 0.5) is 11.6 Å². The first-order valence-corrected chi connectivity index (χ1v) is 5.29. The first kappa shape index (κ1) is 12.7. The molecule has 0 aliphatic carbocycles. The van der Waals surface area contributed by atoms with Crippen molar-refractivity contribution in [1.29, 1.82) is 0 Å². The van der Waals surface area contributed by atoms with Gasteiger partial charge in [0.05, 0.1) is 25.6 Å². The van der Waals surface area contributed by atoms with Crippen LogP contribution in [-0.4, -0.2) is 48.5 Å².